The normalized spacial score (nSPS) is 22.0. The molecule has 2 amide bonds. The number of ether oxygens (including phenoxy) is 2. The molecule has 0 spiro atoms. The van der Waals surface area contributed by atoms with Crippen molar-refractivity contribution in [2.75, 3.05) is 0 Å². The van der Waals surface area contributed by atoms with Crippen molar-refractivity contribution in [2.45, 2.75) is 76.7 Å². The van der Waals surface area contributed by atoms with Crippen LogP contribution in [0.1, 0.15) is 62.5 Å². The second-order valence-corrected chi connectivity index (χ2v) is 10.1. The summed E-state index contributed by atoms with van der Waals surface area (Å²) in [6.07, 6.45) is 5.18. The number of alkyl carbamates (subject to hydrolysis) is 2. The van der Waals surface area contributed by atoms with Crippen LogP contribution in [-0.4, -0.2) is 46.4 Å². The minimum Gasteiger partial charge on any atom is -0.481 e. The molecule has 2 aromatic rings. The van der Waals surface area contributed by atoms with Gasteiger partial charge in [0.25, 0.3) is 0 Å². The van der Waals surface area contributed by atoms with Crippen molar-refractivity contribution in [1.29, 1.82) is 0 Å². The molecule has 0 aliphatic heterocycles. The zero-order valence-electron chi connectivity index (χ0n) is 22.5. The van der Waals surface area contributed by atoms with Gasteiger partial charge in [0.1, 0.15) is 13.2 Å². The van der Waals surface area contributed by atoms with Gasteiger partial charge in [0.05, 0.1) is 11.8 Å². The number of hydrogen-bond acceptors (Lipinski definition) is 6. The highest BCUT2D eigenvalue weighted by atomic mass is 16.6. The molecule has 0 unspecified atom stereocenters. The summed E-state index contributed by atoms with van der Waals surface area (Å²) in [7, 11) is 0. The van der Waals surface area contributed by atoms with Gasteiger partial charge in [-0.3, -0.25) is 9.59 Å². The van der Waals surface area contributed by atoms with Crippen LogP contribution in [0.15, 0.2) is 60.7 Å². The first-order valence-corrected chi connectivity index (χ1v) is 13.7. The molecule has 40 heavy (non-hydrogen) atoms. The minimum absolute atomic E-state index is 0.192. The molecule has 10 heteroatoms. The molecule has 10 nitrogen and oxygen atoms in total. The second-order valence-electron chi connectivity index (χ2n) is 10.1. The first kappa shape index (κ1) is 30.5. The van der Waals surface area contributed by atoms with E-state index in [1.807, 2.05) is 60.7 Å². The Morgan fingerprint density at radius 3 is 1.30 bits per heavy atom. The molecule has 0 bridgehead atoms. The van der Waals surface area contributed by atoms with Gasteiger partial charge in [0, 0.05) is 12.1 Å². The molecule has 0 radical (unpaired) electrons. The Balaban J connectivity index is 0.000000220. The van der Waals surface area contributed by atoms with E-state index in [1.165, 1.54) is 0 Å². The number of carbonyl (C=O) groups is 4. The van der Waals surface area contributed by atoms with E-state index >= 15 is 0 Å². The number of hydrogen-bond donors (Lipinski definition) is 4. The lowest BCUT2D eigenvalue weighted by Gasteiger charge is -2.28. The van der Waals surface area contributed by atoms with E-state index in [1.54, 1.807) is 0 Å². The Labute approximate surface area is 234 Å². The fourth-order valence-corrected chi connectivity index (χ4v) is 5.03. The molecule has 0 aromatic heterocycles. The van der Waals surface area contributed by atoms with E-state index in [2.05, 4.69) is 10.6 Å². The van der Waals surface area contributed by atoms with Crippen LogP contribution in [0.2, 0.25) is 0 Å². The van der Waals surface area contributed by atoms with Crippen LogP contribution >= 0.6 is 0 Å². The number of amides is 2. The third-order valence-corrected chi connectivity index (χ3v) is 7.20. The number of carboxylic acids is 2. The zero-order valence-corrected chi connectivity index (χ0v) is 22.5. The zero-order chi connectivity index (χ0) is 28.7. The first-order chi connectivity index (χ1) is 19.3. The van der Waals surface area contributed by atoms with Crippen LogP contribution in [0.3, 0.4) is 0 Å². The van der Waals surface area contributed by atoms with Crippen molar-refractivity contribution >= 4 is 24.1 Å². The van der Waals surface area contributed by atoms with Gasteiger partial charge in [-0.25, -0.2) is 9.59 Å². The number of aliphatic carboxylic acids is 2. The van der Waals surface area contributed by atoms with Gasteiger partial charge in [-0.2, -0.15) is 0 Å². The van der Waals surface area contributed by atoms with Crippen molar-refractivity contribution in [2.24, 2.45) is 11.8 Å². The van der Waals surface area contributed by atoms with Gasteiger partial charge in [-0.05, 0) is 36.8 Å². The summed E-state index contributed by atoms with van der Waals surface area (Å²) in [4.78, 5) is 45.7. The molecule has 2 aromatic carbocycles. The maximum absolute atomic E-state index is 11.7. The number of benzene rings is 2. The standard InChI is InChI=1S/2C15H19NO4/c2*17-14(18)12-8-4-5-9-13(12)16-15(19)20-10-11-6-2-1-3-7-11/h2*1-3,6-7,12-13H,4-5,8-10H2,(H,16,19)(H,17,18)/t2*12-,13+/m10/s1. The van der Waals surface area contributed by atoms with E-state index in [4.69, 9.17) is 19.7 Å². The molecule has 2 aliphatic carbocycles. The molecule has 4 atom stereocenters. The molecular weight excluding hydrogens is 516 g/mol. The van der Waals surface area contributed by atoms with Crippen molar-refractivity contribution in [3.8, 4) is 0 Å². The Morgan fingerprint density at radius 1 is 0.600 bits per heavy atom. The third-order valence-electron chi connectivity index (χ3n) is 7.20. The largest absolute Gasteiger partial charge is 0.481 e. The van der Waals surface area contributed by atoms with Gasteiger partial charge in [0.15, 0.2) is 0 Å². The average Bonchev–Trinajstić information content (AvgIpc) is 2.97. The summed E-state index contributed by atoms with van der Waals surface area (Å²) in [5.41, 5.74) is 1.81. The van der Waals surface area contributed by atoms with Crippen molar-refractivity contribution in [1.82, 2.24) is 10.6 Å². The summed E-state index contributed by atoms with van der Waals surface area (Å²) >= 11 is 0. The lowest BCUT2D eigenvalue weighted by atomic mass is 9.85. The van der Waals surface area contributed by atoms with Crippen LogP contribution in [0.4, 0.5) is 9.59 Å². The van der Waals surface area contributed by atoms with E-state index in [0.717, 1.165) is 36.8 Å². The molecule has 4 N–H and O–H groups in total. The number of rotatable bonds is 8. The Kier molecular flexibility index (Phi) is 12.3. The van der Waals surface area contributed by atoms with E-state index in [0.29, 0.717) is 25.7 Å². The predicted molar refractivity (Wildman–Crippen MR) is 146 cm³/mol. The van der Waals surface area contributed by atoms with Crippen LogP contribution in [0.5, 0.6) is 0 Å². The van der Waals surface area contributed by atoms with Crippen LogP contribution < -0.4 is 10.6 Å². The van der Waals surface area contributed by atoms with E-state index in [9.17, 15) is 19.2 Å². The Bertz CT molecular complexity index is 1010. The SMILES string of the molecule is O=C(N[C@@H]1CCCC[C@@H]1C(=O)O)OCc1ccccc1.O=C(N[C@H]1CCCC[C@H]1C(=O)O)OCc1ccccc1. The fraction of sp³-hybridized carbons (Fsp3) is 0.467. The van der Waals surface area contributed by atoms with E-state index < -0.39 is 36.0 Å². The monoisotopic (exact) mass is 554 g/mol. The Morgan fingerprint density at radius 2 is 0.950 bits per heavy atom. The maximum Gasteiger partial charge on any atom is 0.407 e. The highest BCUT2D eigenvalue weighted by Crippen LogP contribution is 2.25. The predicted octanol–water partition coefficient (Wildman–Crippen LogP) is 5.11. The topological polar surface area (TPSA) is 151 Å². The summed E-state index contributed by atoms with van der Waals surface area (Å²) in [6, 6.07) is 18.1. The van der Waals surface area contributed by atoms with Gasteiger partial charge in [-0.15, -0.1) is 0 Å². The number of carboxylic acid groups (broad SMARTS) is 2. The van der Waals surface area contributed by atoms with E-state index in [-0.39, 0.29) is 25.3 Å². The third kappa shape index (κ3) is 10.2. The van der Waals surface area contributed by atoms with Crippen molar-refractivity contribution in [3.05, 3.63) is 71.8 Å². The number of carbonyl (C=O) groups excluding carboxylic acids is 2. The lowest BCUT2D eigenvalue weighted by Crippen LogP contribution is -2.45. The molecule has 0 saturated heterocycles. The lowest BCUT2D eigenvalue weighted by molar-refractivity contribution is -0.144. The minimum atomic E-state index is -0.849. The molecular formula is C30H38N2O8. The summed E-state index contributed by atoms with van der Waals surface area (Å²) in [5.74, 6) is -2.71. The molecule has 2 fully saturated rings. The Hall–Kier alpha value is -4.08. The first-order valence-electron chi connectivity index (χ1n) is 13.7. The molecule has 4 rings (SSSR count). The van der Waals surface area contributed by atoms with Gasteiger partial charge < -0.3 is 30.3 Å². The molecule has 0 heterocycles. The van der Waals surface area contributed by atoms with Crippen molar-refractivity contribution < 1.29 is 38.9 Å². The van der Waals surface area contributed by atoms with Crippen molar-refractivity contribution in [3.63, 3.8) is 0 Å². The molecule has 2 aliphatic rings. The molecule has 216 valence electrons. The summed E-state index contributed by atoms with van der Waals surface area (Å²) in [5, 5.41) is 23.6. The van der Waals surface area contributed by atoms with Gasteiger partial charge in [0.2, 0.25) is 0 Å². The fourth-order valence-electron chi connectivity index (χ4n) is 5.03. The maximum atomic E-state index is 11.7. The van der Waals surface area contributed by atoms with Crippen LogP contribution in [0, 0.1) is 11.8 Å². The highest BCUT2D eigenvalue weighted by Gasteiger charge is 2.33. The van der Waals surface area contributed by atoms with Gasteiger partial charge >= 0.3 is 24.1 Å². The van der Waals surface area contributed by atoms with Crippen LogP contribution in [0.25, 0.3) is 0 Å². The van der Waals surface area contributed by atoms with Crippen LogP contribution in [-0.2, 0) is 32.3 Å². The summed E-state index contributed by atoms with van der Waals surface area (Å²) < 4.78 is 10.2. The summed E-state index contributed by atoms with van der Waals surface area (Å²) in [6.45, 7) is 0.383. The highest BCUT2D eigenvalue weighted by molar-refractivity contribution is 5.74. The van der Waals surface area contributed by atoms with Gasteiger partial charge in [-0.1, -0.05) is 86.3 Å². The quantitative estimate of drug-likeness (QED) is 0.351. The molecule has 2 saturated carbocycles. The average molecular weight is 555 g/mol. The smallest absolute Gasteiger partial charge is 0.407 e. The second kappa shape index (κ2) is 16.1. The number of nitrogens with one attached hydrogen (secondary N) is 2.